The lowest BCUT2D eigenvalue weighted by Gasteiger charge is -2.21. The van der Waals surface area contributed by atoms with Crippen molar-refractivity contribution >= 4 is 25.7 Å². The van der Waals surface area contributed by atoms with Crippen LogP contribution in [0.4, 0.5) is 43.9 Å². The molecule has 0 aromatic heterocycles. The highest BCUT2D eigenvalue weighted by Gasteiger charge is 2.42. The summed E-state index contributed by atoms with van der Waals surface area (Å²) in [6, 6.07) is 0. The zero-order valence-corrected chi connectivity index (χ0v) is 17.7. The van der Waals surface area contributed by atoms with E-state index < -0.39 is 83.9 Å². The van der Waals surface area contributed by atoms with Crippen LogP contribution in [0.5, 0.6) is 0 Å². The van der Waals surface area contributed by atoms with Crippen molar-refractivity contribution in [3.8, 4) is 0 Å². The fraction of sp³-hybridized carbons (Fsp3) is 0.200. The second-order valence-electron chi connectivity index (χ2n) is 8.23. The Hall–Kier alpha value is -2.50. The molecule has 0 spiro atoms. The zero-order chi connectivity index (χ0) is 24.3. The molecule has 0 heterocycles. The maximum Gasteiger partial charge on any atom is 0.253 e. The van der Waals surface area contributed by atoms with Crippen molar-refractivity contribution in [2.24, 2.45) is 0 Å². The topological polar surface area (TPSA) is 0 Å². The van der Waals surface area contributed by atoms with Gasteiger partial charge in [0.05, 0.1) is 8.07 Å². The van der Waals surface area contributed by atoms with E-state index in [-0.39, 0.29) is 11.9 Å². The summed E-state index contributed by atoms with van der Waals surface area (Å²) in [5.41, 5.74) is -3.70. The quantitative estimate of drug-likeness (QED) is 0.238. The monoisotopic (exact) mass is 482 g/mol. The third-order valence-corrected chi connectivity index (χ3v) is 7.28. The zero-order valence-electron chi connectivity index (χ0n) is 16.7. The first-order valence-electron chi connectivity index (χ1n) is 9.13. The predicted molar refractivity (Wildman–Crippen MR) is 102 cm³/mol. The fourth-order valence-electron chi connectivity index (χ4n) is 3.54. The Bertz CT molecular complexity index is 1070. The molecule has 0 saturated heterocycles. The van der Waals surface area contributed by atoms with Gasteiger partial charge < -0.3 is 0 Å². The molecule has 0 fully saturated rings. The Labute approximate surface area is 177 Å². The Morgan fingerprint density at radius 2 is 0.875 bits per heavy atom. The van der Waals surface area contributed by atoms with Crippen LogP contribution in [0.3, 0.4) is 0 Å². The molecular formula is C20H13BF10Si. The lowest BCUT2D eigenvalue weighted by molar-refractivity contribution is 0.382. The van der Waals surface area contributed by atoms with Gasteiger partial charge in [-0.05, 0) is 6.42 Å². The van der Waals surface area contributed by atoms with E-state index in [1.807, 2.05) is 19.6 Å². The van der Waals surface area contributed by atoms with Crippen LogP contribution in [-0.2, 0) is 0 Å². The van der Waals surface area contributed by atoms with Crippen molar-refractivity contribution in [3.05, 3.63) is 81.0 Å². The van der Waals surface area contributed by atoms with Gasteiger partial charge >= 0.3 is 0 Å². The predicted octanol–water partition coefficient (Wildman–Crippen LogP) is 5.36. The van der Waals surface area contributed by atoms with Gasteiger partial charge in [-0.15, -0.1) is 0 Å². The van der Waals surface area contributed by atoms with Crippen LogP contribution in [0, 0.1) is 58.2 Å². The standard InChI is InChI=1S/C20H13BF10Si/c1-32(2,3)8-5-4-7(6-8)21(9-11(22)15(26)19(30)16(27)12(9)23)10-13(24)17(28)20(31)18(29)14(10)25/h5-6H,4H2,1-3H3. The number of rotatable bonds is 4. The molecule has 32 heavy (non-hydrogen) atoms. The highest BCUT2D eigenvalue weighted by atomic mass is 28.3. The first-order valence-corrected chi connectivity index (χ1v) is 12.6. The van der Waals surface area contributed by atoms with Gasteiger partial charge in [-0.3, -0.25) is 0 Å². The Balaban J connectivity index is 2.44. The summed E-state index contributed by atoms with van der Waals surface area (Å²) in [5, 5.41) is 0.602. The molecule has 0 N–H and O–H groups in total. The molecule has 1 aliphatic carbocycles. The van der Waals surface area contributed by atoms with Gasteiger partial charge in [0.25, 0.3) is 6.71 Å². The van der Waals surface area contributed by atoms with Gasteiger partial charge in [-0.2, -0.15) is 0 Å². The van der Waals surface area contributed by atoms with Crippen molar-refractivity contribution in [2.45, 2.75) is 26.1 Å². The third kappa shape index (κ3) is 3.67. The summed E-state index contributed by atoms with van der Waals surface area (Å²) in [5.74, 6) is -24.4. The van der Waals surface area contributed by atoms with Crippen molar-refractivity contribution < 1.29 is 43.9 Å². The van der Waals surface area contributed by atoms with Crippen LogP contribution in [0.1, 0.15) is 6.42 Å². The summed E-state index contributed by atoms with van der Waals surface area (Å²) >= 11 is 0. The van der Waals surface area contributed by atoms with E-state index in [0.29, 0.717) is 5.20 Å². The molecule has 0 bridgehead atoms. The largest absolute Gasteiger partial charge is 0.253 e. The van der Waals surface area contributed by atoms with Gasteiger partial charge in [-0.25, -0.2) is 43.9 Å². The van der Waals surface area contributed by atoms with Gasteiger partial charge in [0, 0.05) is 10.9 Å². The second-order valence-corrected chi connectivity index (χ2v) is 13.3. The Morgan fingerprint density at radius 3 is 1.16 bits per heavy atom. The van der Waals surface area contributed by atoms with Crippen molar-refractivity contribution in [3.63, 3.8) is 0 Å². The van der Waals surface area contributed by atoms with Crippen LogP contribution in [-0.4, -0.2) is 14.8 Å². The summed E-state index contributed by atoms with van der Waals surface area (Å²) in [7, 11) is -2.14. The molecule has 0 atom stereocenters. The van der Waals surface area contributed by atoms with Crippen molar-refractivity contribution in [1.29, 1.82) is 0 Å². The van der Waals surface area contributed by atoms with E-state index in [2.05, 4.69) is 0 Å². The molecule has 12 heteroatoms. The van der Waals surface area contributed by atoms with Crippen LogP contribution < -0.4 is 10.9 Å². The van der Waals surface area contributed by atoms with E-state index in [9.17, 15) is 43.9 Å². The minimum atomic E-state index is -2.53. The lowest BCUT2D eigenvalue weighted by atomic mass is 9.35. The molecule has 1 aliphatic rings. The SMILES string of the molecule is C[Si](C)(C)C1=CCC(B(c2c(F)c(F)c(F)c(F)c2F)c2c(F)c(F)c(F)c(F)c2F)=C1. The first-order chi connectivity index (χ1) is 14.7. The van der Waals surface area contributed by atoms with Gasteiger partial charge in [-0.1, -0.05) is 42.5 Å². The van der Waals surface area contributed by atoms with Crippen LogP contribution in [0.2, 0.25) is 19.6 Å². The van der Waals surface area contributed by atoms with Gasteiger partial charge in [0.1, 0.15) is 0 Å². The number of hydrogen-bond acceptors (Lipinski definition) is 0. The van der Waals surface area contributed by atoms with E-state index in [0.717, 1.165) is 0 Å². The average molecular weight is 482 g/mol. The van der Waals surface area contributed by atoms with Crippen LogP contribution >= 0.6 is 0 Å². The summed E-state index contributed by atoms with van der Waals surface area (Å²) in [6.07, 6.45) is 2.50. The molecule has 3 rings (SSSR count). The van der Waals surface area contributed by atoms with E-state index in [4.69, 9.17) is 0 Å². The van der Waals surface area contributed by atoms with Crippen molar-refractivity contribution in [1.82, 2.24) is 0 Å². The van der Waals surface area contributed by atoms with E-state index >= 15 is 0 Å². The maximum atomic E-state index is 14.6. The number of allylic oxidation sites excluding steroid dienone is 4. The molecule has 2 aromatic carbocycles. The normalized spacial score (nSPS) is 14.0. The minimum absolute atomic E-state index is 0.261. The molecule has 170 valence electrons. The molecule has 0 nitrogen and oxygen atoms in total. The van der Waals surface area contributed by atoms with Crippen LogP contribution in [0.15, 0.2) is 22.8 Å². The maximum absolute atomic E-state index is 14.6. The number of benzene rings is 2. The van der Waals surface area contributed by atoms with E-state index in [1.54, 1.807) is 0 Å². The van der Waals surface area contributed by atoms with Gasteiger partial charge in [0.15, 0.2) is 58.2 Å². The average Bonchev–Trinajstić information content (AvgIpc) is 3.23. The highest BCUT2D eigenvalue weighted by Crippen LogP contribution is 2.30. The summed E-state index contributed by atoms with van der Waals surface area (Å²) < 4.78 is 141. The molecule has 0 radical (unpaired) electrons. The summed E-state index contributed by atoms with van der Waals surface area (Å²) in [4.78, 5) is 0. The molecule has 0 saturated carbocycles. The minimum Gasteiger partial charge on any atom is -0.204 e. The fourth-order valence-corrected chi connectivity index (χ4v) is 4.87. The van der Waals surface area contributed by atoms with Crippen LogP contribution in [0.25, 0.3) is 0 Å². The molecular weight excluding hydrogens is 469 g/mol. The second kappa shape index (κ2) is 8.13. The van der Waals surface area contributed by atoms with Gasteiger partial charge in [0.2, 0.25) is 0 Å². The smallest absolute Gasteiger partial charge is 0.204 e. The Morgan fingerprint density at radius 1 is 0.562 bits per heavy atom. The van der Waals surface area contributed by atoms with E-state index in [1.165, 1.54) is 12.2 Å². The Kier molecular flexibility index (Phi) is 6.13. The highest BCUT2D eigenvalue weighted by molar-refractivity contribution is 6.92. The molecule has 0 aliphatic heterocycles. The number of halogens is 10. The first kappa shape index (κ1) is 24.2. The lowest BCUT2D eigenvalue weighted by Crippen LogP contribution is -2.52. The molecule has 0 amide bonds. The number of hydrogen-bond donors (Lipinski definition) is 0. The molecule has 0 unspecified atom stereocenters. The third-order valence-electron chi connectivity index (χ3n) is 5.20. The van der Waals surface area contributed by atoms with Crippen molar-refractivity contribution in [2.75, 3.05) is 0 Å². The molecule has 2 aromatic rings. The summed E-state index contributed by atoms with van der Waals surface area (Å²) in [6.45, 7) is 3.05.